The third-order valence-corrected chi connectivity index (χ3v) is 1.93. The van der Waals surface area contributed by atoms with Crippen LogP contribution in [-0.2, 0) is 4.79 Å². The summed E-state index contributed by atoms with van der Waals surface area (Å²) in [6, 6.07) is -0.539. The second-order valence-electron chi connectivity index (χ2n) is 3.34. The van der Waals surface area contributed by atoms with E-state index in [1.165, 1.54) is 0 Å². The molecule has 0 saturated heterocycles. The van der Waals surface area contributed by atoms with Gasteiger partial charge >= 0.3 is 0 Å². The van der Waals surface area contributed by atoms with Crippen LogP contribution in [0, 0.1) is 0 Å². The first-order chi connectivity index (χ1) is 5.46. The maximum absolute atomic E-state index is 11.3. The van der Waals surface area contributed by atoms with Gasteiger partial charge in [-0.1, -0.05) is 5.76 Å². The van der Waals surface area contributed by atoms with E-state index >= 15 is 0 Å². The maximum Gasteiger partial charge on any atom is 0.198 e. The number of carbonyl (C=O) groups is 1. The molecule has 12 heavy (non-hydrogen) atoms. The average Bonchev–Trinajstić information content (AvgIpc) is 1.84. The molecule has 4 nitrogen and oxygen atoms in total. The van der Waals surface area contributed by atoms with Gasteiger partial charge in [0.25, 0.3) is 0 Å². The van der Waals surface area contributed by atoms with Crippen molar-refractivity contribution in [1.29, 1.82) is 0 Å². The average molecular weight is 169 g/mol. The molecule has 1 unspecified atom stereocenters. The molecule has 0 bridgehead atoms. The van der Waals surface area contributed by atoms with Crippen LogP contribution in [0.3, 0.4) is 0 Å². The van der Waals surface area contributed by atoms with E-state index < -0.39 is 6.04 Å². The molecule has 0 radical (unpaired) electrons. The van der Waals surface area contributed by atoms with Crippen LogP contribution in [-0.4, -0.2) is 49.8 Å². The molecule has 0 aromatic rings. The molecule has 68 valence electrons. The largest absolute Gasteiger partial charge is 0.873 e. The summed E-state index contributed by atoms with van der Waals surface area (Å²) in [6.45, 7) is 0. The minimum absolute atomic E-state index is 0.0741. The van der Waals surface area contributed by atoms with E-state index in [1.54, 1.807) is 38.0 Å². The highest BCUT2D eigenvalue weighted by Crippen LogP contribution is 2.24. The first-order valence-corrected chi connectivity index (χ1v) is 3.76. The van der Waals surface area contributed by atoms with Crippen LogP contribution in [0.2, 0.25) is 0 Å². The molecular formula is C8H13N2O2-. The smallest absolute Gasteiger partial charge is 0.198 e. The number of carbonyl (C=O) groups excluding carboxylic acids is 1. The Labute approximate surface area is 72.1 Å². The Bertz CT molecular complexity index is 243. The van der Waals surface area contributed by atoms with Crippen molar-refractivity contribution < 1.29 is 9.90 Å². The van der Waals surface area contributed by atoms with Crippen molar-refractivity contribution in [2.24, 2.45) is 0 Å². The lowest BCUT2D eigenvalue weighted by Gasteiger charge is -2.42. The molecule has 1 atom stereocenters. The van der Waals surface area contributed by atoms with Gasteiger partial charge in [0, 0.05) is 14.1 Å². The Morgan fingerprint density at radius 1 is 1.25 bits per heavy atom. The van der Waals surface area contributed by atoms with Crippen molar-refractivity contribution >= 4 is 5.78 Å². The second-order valence-corrected chi connectivity index (χ2v) is 3.34. The zero-order valence-corrected chi connectivity index (χ0v) is 7.79. The zero-order chi connectivity index (χ0) is 9.46. The van der Waals surface area contributed by atoms with Crippen LogP contribution in [0.25, 0.3) is 0 Å². The van der Waals surface area contributed by atoms with Gasteiger partial charge in [0.2, 0.25) is 0 Å². The van der Waals surface area contributed by atoms with Gasteiger partial charge in [0.15, 0.2) is 5.78 Å². The Kier molecular flexibility index (Phi) is 2.10. The fourth-order valence-corrected chi connectivity index (χ4v) is 1.33. The molecule has 1 rings (SSSR count). The van der Waals surface area contributed by atoms with Crippen LogP contribution in [0.15, 0.2) is 11.5 Å². The molecule has 0 aliphatic heterocycles. The van der Waals surface area contributed by atoms with Crippen molar-refractivity contribution in [3.05, 3.63) is 11.5 Å². The van der Waals surface area contributed by atoms with Crippen LogP contribution in [0.1, 0.15) is 0 Å². The second kappa shape index (κ2) is 2.79. The molecule has 0 spiro atoms. The van der Waals surface area contributed by atoms with Crippen LogP contribution in [0.5, 0.6) is 0 Å². The van der Waals surface area contributed by atoms with Gasteiger partial charge in [-0.25, -0.2) is 0 Å². The number of Topliss-reactive ketones (excluding diaryl/α,β-unsaturated/α-hetero) is 1. The Balaban J connectivity index is 2.88. The quantitative estimate of drug-likeness (QED) is 0.512. The summed E-state index contributed by atoms with van der Waals surface area (Å²) in [5, 5.41) is 11.3. The van der Waals surface area contributed by atoms with E-state index in [9.17, 15) is 9.90 Å². The fraction of sp³-hybridized carbons (Fsp3) is 0.625. The lowest BCUT2D eigenvalue weighted by Crippen LogP contribution is -2.54. The van der Waals surface area contributed by atoms with Crippen LogP contribution >= 0.6 is 0 Å². The monoisotopic (exact) mass is 169 g/mol. The zero-order valence-electron chi connectivity index (χ0n) is 7.79. The Hall–Kier alpha value is -1.03. The Morgan fingerprint density at radius 2 is 1.75 bits per heavy atom. The maximum atomic E-state index is 11.3. The van der Waals surface area contributed by atoms with Gasteiger partial charge in [0.1, 0.15) is 0 Å². The predicted octanol–water partition coefficient (Wildman–Crippen LogP) is -1.37. The molecule has 1 aliphatic rings. The molecule has 0 fully saturated rings. The van der Waals surface area contributed by atoms with Gasteiger partial charge < -0.3 is 10.0 Å². The highest BCUT2D eigenvalue weighted by atomic mass is 16.3. The molecule has 0 aromatic carbocycles. The molecule has 1 aliphatic carbocycles. The normalized spacial score (nSPS) is 23.1. The van der Waals surface area contributed by atoms with Crippen molar-refractivity contribution in [2.45, 2.75) is 6.04 Å². The van der Waals surface area contributed by atoms with E-state index in [4.69, 9.17) is 0 Å². The van der Waals surface area contributed by atoms with Crippen molar-refractivity contribution in [1.82, 2.24) is 9.80 Å². The minimum Gasteiger partial charge on any atom is -0.873 e. The molecule has 0 N–H and O–H groups in total. The first kappa shape index (κ1) is 9.06. The summed E-state index contributed by atoms with van der Waals surface area (Å²) in [6.07, 6.45) is 0. The highest BCUT2D eigenvalue weighted by molar-refractivity contribution is 6.07. The molecule has 0 heterocycles. The molecule has 0 saturated carbocycles. The number of likely N-dealkylation sites (N-methyl/N-ethyl adjacent to an activating group) is 2. The summed E-state index contributed by atoms with van der Waals surface area (Å²) in [5.74, 6) is -0.148. The van der Waals surface area contributed by atoms with Crippen molar-refractivity contribution in [3.8, 4) is 0 Å². The van der Waals surface area contributed by atoms with E-state index in [-0.39, 0.29) is 11.5 Å². The summed E-state index contributed by atoms with van der Waals surface area (Å²) < 4.78 is 0. The number of ketones is 1. The van der Waals surface area contributed by atoms with Crippen molar-refractivity contribution in [3.63, 3.8) is 0 Å². The molecular weight excluding hydrogens is 156 g/mol. The van der Waals surface area contributed by atoms with E-state index in [1.807, 2.05) is 0 Å². The topological polar surface area (TPSA) is 46.6 Å². The van der Waals surface area contributed by atoms with Gasteiger partial charge in [-0.05, 0) is 14.1 Å². The SMILES string of the molecule is CN(C)C1=C([O-])C(N(C)C)C1=O. The standard InChI is InChI=1S/C8H14N2O2/c1-9(2)5-7(11)6(8(5)12)10(3)4/h5,11H,1-4H3/p-1. The summed E-state index contributed by atoms with van der Waals surface area (Å²) >= 11 is 0. The van der Waals surface area contributed by atoms with E-state index in [0.29, 0.717) is 5.70 Å². The number of hydrogen-bond acceptors (Lipinski definition) is 4. The number of rotatable bonds is 2. The third-order valence-electron chi connectivity index (χ3n) is 1.93. The summed E-state index contributed by atoms with van der Waals surface area (Å²) in [4.78, 5) is 14.5. The van der Waals surface area contributed by atoms with E-state index in [0.717, 1.165) is 0 Å². The van der Waals surface area contributed by atoms with Gasteiger partial charge in [-0.3, -0.25) is 9.69 Å². The number of hydrogen-bond donors (Lipinski definition) is 0. The van der Waals surface area contributed by atoms with Gasteiger partial charge in [-0.15, -0.1) is 0 Å². The minimum atomic E-state index is -0.539. The Morgan fingerprint density at radius 3 is 2.00 bits per heavy atom. The predicted molar refractivity (Wildman–Crippen MR) is 43.2 cm³/mol. The number of nitrogens with zero attached hydrogens (tertiary/aromatic N) is 2. The van der Waals surface area contributed by atoms with Crippen molar-refractivity contribution in [2.75, 3.05) is 28.2 Å². The molecule has 0 aromatic heterocycles. The van der Waals surface area contributed by atoms with Gasteiger partial charge in [-0.2, -0.15) is 0 Å². The van der Waals surface area contributed by atoms with Crippen LogP contribution in [0.4, 0.5) is 0 Å². The first-order valence-electron chi connectivity index (χ1n) is 3.76. The molecule has 4 heteroatoms. The van der Waals surface area contributed by atoms with E-state index in [2.05, 4.69) is 0 Å². The highest BCUT2D eigenvalue weighted by Gasteiger charge is 2.35. The summed E-state index contributed by atoms with van der Waals surface area (Å²) in [7, 11) is 6.87. The molecule has 0 amide bonds. The summed E-state index contributed by atoms with van der Waals surface area (Å²) in [5.41, 5.74) is 0.314. The third kappa shape index (κ3) is 1.08. The van der Waals surface area contributed by atoms with Gasteiger partial charge in [0.05, 0.1) is 11.7 Å². The lowest BCUT2D eigenvalue weighted by atomic mass is 9.93. The van der Waals surface area contributed by atoms with Crippen LogP contribution < -0.4 is 5.11 Å². The lowest BCUT2D eigenvalue weighted by molar-refractivity contribution is -0.320. The fourth-order valence-electron chi connectivity index (χ4n) is 1.33.